The number of anilines is 1. The van der Waals surface area contributed by atoms with E-state index in [9.17, 15) is 13.2 Å². The van der Waals surface area contributed by atoms with Crippen molar-refractivity contribution in [3.8, 4) is 0 Å². The summed E-state index contributed by atoms with van der Waals surface area (Å²) < 4.78 is 37.9. The van der Waals surface area contributed by atoms with Crippen LogP contribution < -0.4 is 16.0 Å². The molecule has 1 aromatic heterocycles. The van der Waals surface area contributed by atoms with Gasteiger partial charge in [0.1, 0.15) is 5.69 Å². The Morgan fingerprint density at radius 1 is 1.30 bits per heavy atom. The van der Waals surface area contributed by atoms with Crippen molar-refractivity contribution in [2.45, 2.75) is 44.9 Å². The van der Waals surface area contributed by atoms with E-state index in [-0.39, 0.29) is 5.95 Å². The van der Waals surface area contributed by atoms with E-state index in [1.165, 1.54) is 0 Å². The fourth-order valence-electron chi connectivity index (χ4n) is 2.91. The van der Waals surface area contributed by atoms with Crippen molar-refractivity contribution >= 4 is 11.9 Å². The monoisotopic (exact) mass is 387 g/mol. The van der Waals surface area contributed by atoms with Crippen molar-refractivity contribution in [2.75, 3.05) is 38.5 Å². The fourth-order valence-corrected chi connectivity index (χ4v) is 2.91. The van der Waals surface area contributed by atoms with Crippen LogP contribution in [0.25, 0.3) is 0 Å². The van der Waals surface area contributed by atoms with Crippen LogP contribution in [-0.2, 0) is 6.18 Å². The van der Waals surface area contributed by atoms with Crippen molar-refractivity contribution in [1.82, 2.24) is 25.5 Å². The minimum Gasteiger partial charge on any atom is -0.355 e. The predicted molar refractivity (Wildman–Crippen MR) is 99.8 cm³/mol. The van der Waals surface area contributed by atoms with Gasteiger partial charge in [0.15, 0.2) is 5.96 Å². The number of rotatable bonds is 6. The summed E-state index contributed by atoms with van der Waals surface area (Å²) in [6.07, 6.45) is -1.28. The molecule has 152 valence electrons. The molecule has 2 rings (SSSR count). The number of aromatic nitrogens is 2. The third-order valence-corrected chi connectivity index (χ3v) is 4.47. The topological polar surface area (TPSA) is 77.5 Å². The van der Waals surface area contributed by atoms with Crippen molar-refractivity contribution in [3.63, 3.8) is 0 Å². The molecule has 7 nitrogen and oxygen atoms in total. The van der Waals surface area contributed by atoms with E-state index in [1.54, 1.807) is 7.05 Å². The highest BCUT2D eigenvalue weighted by molar-refractivity contribution is 5.80. The molecule has 27 heavy (non-hydrogen) atoms. The number of piperidine rings is 1. The lowest BCUT2D eigenvalue weighted by Gasteiger charge is -2.35. The zero-order chi connectivity index (χ0) is 19.9. The van der Waals surface area contributed by atoms with Gasteiger partial charge in [-0.15, -0.1) is 0 Å². The summed E-state index contributed by atoms with van der Waals surface area (Å²) in [5, 5.41) is 9.33. The Hall–Kier alpha value is -2.10. The first-order chi connectivity index (χ1) is 12.8. The summed E-state index contributed by atoms with van der Waals surface area (Å²) in [6, 6.07) is 1.78. The number of nitrogens with zero attached hydrogens (tertiary/aromatic N) is 4. The Balaban J connectivity index is 1.71. The Morgan fingerprint density at radius 3 is 2.59 bits per heavy atom. The smallest absolute Gasteiger partial charge is 0.355 e. The van der Waals surface area contributed by atoms with Crippen LogP contribution in [0.4, 0.5) is 19.1 Å². The second-order valence-electron chi connectivity index (χ2n) is 6.74. The van der Waals surface area contributed by atoms with Gasteiger partial charge in [-0.2, -0.15) is 13.2 Å². The number of halogens is 3. The van der Waals surface area contributed by atoms with Gasteiger partial charge in [-0.3, -0.25) is 4.99 Å². The molecule has 0 aliphatic carbocycles. The number of alkyl halides is 3. The molecule has 0 atom stereocenters. The minimum atomic E-state index is -4.48. The summed E-state index contributed by atoms with van der Waals surface area (Å²) in [6.45, 7) is 7.37. The largest absolute Gasteiger partial charge is 0.433 e. The van der Waals surface area contributed by atoms with Crippen LogP contribution >= 0.6 is 0 Å². The lowest BCUT2D eigenvalue weighted by molar-refractivity contribution is -0.141. The lowest BCUT2D eigenvalue weighted by atomic mass is 10.0. The van der Waals surface area contributed by atoms with Gasteiger partial charge in [-0.25, -0.2) is 9.97 Å². The van der Waals surface area contributed by atoms with E-state index >= 15 is 0 Å². The van der Waals surface area contributed by atoms with Crippen LogP contribution in [0.2, 0.25) is 0 Å². The summed E-state index contributed by atoms with van der Waals surface area (Å²) in [5.41, 5.74) is -0.960. The number of guanidine groups is 1. The summed E-state index contributed by atoms with van der Waals surface area (Å²) >= 11 is 0. The molecule has 1 fully saturated rings. The second-order valence-corrected chi connectivity index (χ2v) is 6.74. The van der Waals surface area contributed by atoms with E-state index in [2.05, 4.69) is 49.7 Å². The van der Waals surface area contributed by atoms with E-state index in [0.717, 1.165) is 38.2 Å². The standard InChI is InChI=1S/C17H28F3N7/c1-12(2)27-10-5-13(6-11-27)25-15(21-3)23-8-9-24-16-22-7-4-14(26-16)17(18,19)20/h4,7,12-13H,5-6,8-11H2,1-3H3,(H2,21,23,25)(H,22,24,26). The molecule has 10 heteroatoms. The molecular weight excluding hydrogens is 359 g/mol. The molecule has 0 aromatic carbocycles. The Bertz CT molecular complexity index is 611. The maximum Gasteiger partial charge on any atom is 0.433 e. The molecule has 3 N–H and O–H groups in total. The van der Waals surface area contributed by atoms with Gasteiger partial charge in [0.25, 0.3) is 0 Å². The first-order valence-corrected chi connectivity index (χ1v) is 9.15. The maximum atomic E-state index is 12.6. The molecule has 0 bridgehead atoms. The molecule has 1 aromatic rings. The molecule has 1 saturated heterocycles. The van der Waals surface area contributed by atoms with Crippen LogP contribution in [0.3, 0.4) is 0 Å². The lowest BCUT2D eigenvalue weighted by Crippen LogP contribution is -2.50. The third-order valence-electron chi connectivity index (χ3n) is 4.47. The van der Waals surface area contributed by atoms with Gasteiger partial charge in [-0.1, -0.05) is 0 Å². The van der Waals surface area contributed by atoms with Crippen LogP contribution in [0.15, 0.2) is 17.3 Å². The van der Waals surface area contributed by atoms with E-state index in [4.69, 9.17) is 0 Å². The van der Waals surface area contributed by atoms with Crippen LogP contribution in [0, 0.1) is 0 Å². The van der Waals surface area contributed by atoms with E-state index in [0.29, 0.717) is 31.1 Å². The van der Waals surface area contributed by atoms with Gasteiger partial charge in [0.05, 0.1) is 0 Å². The van der Waals surface area contributed by atoms with Crippen LogP contribution in [0.5, 0.6) is 0 Å². The molecule has 0 radical (unpaired) electrons. The SMILES string of the molecule is CN=C(NCCNc1nccc(C(F)(F)F)n1)NC1CCN(C(C)C)CC1. The number of aliphatic imine (C=N–C) groups is 1. The van der Waals surface area contributed by atoms with Crippen molar-refractivity contribution < 1.29 is 13.2 Å². The molecule has 1 aliphatic rings. The molecule has 0 saturated carbocycles. The average Bonchev–Trinajstić information content (AvgIpc) is 2.64. The van der Waals surface area contributed by atoms with Gasteiger partial charge in [0, 0.05) is 51.5 Å². The molecule has 0 unspecified atom stereocenters. The normalized spacial score (nSPS) is 17.2. The predicted octanol–water partition coefficient (Wildman–Crippen LogP) is 1.95. The zero-order valence-corrected chi connectivity index (χ0v) is 16.0. The first-order valence-electron chi connectivity index (χ1n) is 9.15. The summed E-state index contributed by atoms with van der Waals surface area (Å²) in [4.78, 5) is 13.9. The highest BCUT2D eigenvalue weighted by Crippen LogP contribution is 2.27. The molecule has 2 heterocycles. The number of likely N-dealkylation sites (tertiary alicyclic amines) is 1. The van der Waals surface area contributed by atoms with Gasteiger partial charge in [0.2, 0.25) is 5.95 Å². The highest BCUT2D eigenvalue weighted by Gasteiger charge is 2.32. The van der Waals surface area contributed by atoms with Gasteiger partial charge < -0.3 is 20.9 Å². The van der Waals surface area contributed by atoms with E-state index < -0.39 is 11.9 Å². The molecule has 0 spiro atoms. The molecular formula is C17H28F3N7. The Morgan fingerprint density at radius 2 is 2.00 bits per heavy atom. The van der Waals surface area contributed by atoms with Crippen molar-refractivity contribution in [2.24, 2.45) is 4.99 Å². The maximum absolute atomic E-state index is 12.6. The number of hydrogen-bond donors (Lipinski definition) is 3. The molecule has 0 amide bonds. The van der Waals surface area contributed by atoms with Gasteiger partial charge >= 0.3 is 6.18 Å². The minimum absolute atomic E-state index is 0.0457. The Labute approximate surface area is 157 Å². The number of nitrogens with one attached hydrogen (secondary N) is 3. The quantitative estimate of drug-likeness (QED) is 0.393. The molecule has 1 aliphatic heterocycles. The second kappa shape index (κ2) is 9.72. The summed E-state index contributed by atoms with van der Waals surface area (Å²) in [5.74, 6) is 0.639. The van der Waals surface area contributed by atoms with Crippen molar-refractivity contribution in [3.05, 3.63) is 18.0 Å². The highest BCUT2D eigenvalue weighted by atomic mass is 19.4. The first kappa shape index (κ1) is 21.2. The Kier molecular flexibility index (Phi) is 7.64. The summed E-state index contributed by atoms with van der Waals surface area (Å²) in [7, 11) is 1.70. The third kappa shape index (κ3) is 6.85. The van der Waals surface area contributed by atoms with Crippen molar-refractivity contribution in [1.29, 1.82) is 0 Å². The zero-order valence-electron chi connectivity index (χ0n) is 16.0. The van der Waals surface area contributed by atoms with Crippen LogP contribution in [0.1, 0.15) is 32.4 Å². The van der Waals surface area contributed by atoms with E-state index in [1.807, 2.05) is 0 Å². The fraction of sp³-hybridized carbons (Fsp3) is 0.706. The van der Waals surface area contributed by atoms with Crippen LogP contribution in [-0.4, -0.2) is 66.1 Å². The van der Waals surface area contributed by atoms with Gasteiger partial charge in [-0.05, 0) is 32.8 Å². The average molecular weight is 387 g/mol. The number of hydrogen-bond acceptors (Lipinski definition) is 5.